The molecule has 1 aromatic rings. The Morgan fingerprint density at radius 2 is 2.12 bits per heavy atom. The molecule has 0 bridgehead atoms. The Bertz CT molecular complexity index is 378. The standard InChI is InChI=1S/C12H17N3O/c1-2-8-15-12(11(9-16)13-14-15)10-6-4-3-5-7-10/h2,9-10H,1,3-8H2. The number of nitrogens with zero attached hydrogens (tertiary/aromatic N) is 3. The van der Waals surface area contributed by atoms with E-state index >= 15 is 0 Å². The number of allylic oxidation sites excluding steroid dienone is 1. The molecule has 4 nitrogen and oxygen atoms in total. The maximum atomic E-state index is 10.9. The summed E-state index contributed by atoms with van der Waals surface area (Å²) in [4.78, 5) is 10.9. The Morgan fingerprint density at radius 1 is 1.38 bits per heavy atom. The summed E-state index contributed by atoms with van der Waals surface area (Å²) in [5, 5.41) is 7.94. The predicted octanol–water partition coefficient (Wildman–Crippen LogP) is 2.32. The van der Waals surface area contributed by atoms with Crippen LogP contribution in [0.2, 0.25) is 0 Å². The molecule has 1 fully saturated rings. The van der Waals surface area contributed by atoms with Gasteiger partial charge in [0.15, 0.2) is 6.29 Å². The van der Waals surface area contributed by atoms with Crippen LogP contribution >= 0.6 is 0 Å². The van der Waals surface area contributed by atoms with Crippen LogP contribution in [0.4, 0.5) is 0 Å². The van der Waals surface area contributed by atoms with E-state index in [2.05, 4.69) is 16.9 Å². The first kappa shape index (κ1) is 11.0. The molecule has 0 unspecified atom stereocenters. The molecule has 0 saturated heterocycles. The summed E-state index contributed by atoms with van der Waals surface area (Å²) in [7, 11) is 0. The van der Waals surface area contributed by atoms with Gasteiger partial charge in [0.2, 0.25) is 0 Å². The third kappa shape index (κ3) is 2.05. The summed E-state index contributed by atoms with van der Waals surface area (Å²) in [5.41, 5.74) is 1.52. The number of aldehydes is 1. The molecule has 1 aliphatic rings. The maximum absolute atomic E-state index is 10.9. The zero-order chi connectivity index (χ0) is 11.4. The second kappa shape index (κ2) is 5.05. The van der Waals surface area contributed by atoms with E-state index in [1.807, 2.05) is 4.68 Å². The van der Waals surface area contributed by atoms with Crippen LogP contribution in [0.15, 0.2) is 12.7 Å². The summed E-state index contributed by atoms with van der Waals surface area (Å²) in [6, 6.07) is 0. The van der Waals surface area contributed by atoms with Gasteiger partial charge in [0.1, 0.15) is 5.69 Å². The van der Waals surface area contributed by atoms with Gasteiger partial charge in [-0.1, -0.05) is 30.6 Å². The average molecular weight is 219 g/mol. The van der Waals surface area contributed by atoms with Crippen LogP contribution < -0.4 is 0 Å². The number of hydrogen-bond acceptors (Lipinski definition) is 3. The second-order valence-electron chi connectivity index (χ2n) is 4.28. The molecule has 1 aromatic heterocycles. The fourth-order valence-corrected chi connectivity index (χ4v) is 2.47. The largest absolute Gasteiger partial charge is 0.296 e. The van der Waals surface area contributed by atoms with Crippen LogP contribution in [-0.2, 0) is 6.54 Å². The van der Waals surface area contributed by atoms with Gasteiger partial charge in [-0.15, -0.1) is 11.7 Å². The van der Waals surface area contributed by atoms with Gasteiger partial charge in [0.25, 0.3) is 0 Å². The summed E-state index contributed by atoms with van der Waals surface area (Å²) in [6.45, 7) is 4.33. The van der Waals surface area contributed by atoms with Crippen molar-refractivity contribution in [2.75, 3.05) is 0 Å². The Morgan fingerprint density at radius 3 is 2.75 bits per heavy atom. The fraction of sp³-hybridized carbons (Fsp3) is 0.583. The Hall–Kier alpha value is -1.45. The fourth-order valence-electron chi connectivity index (χ4n) is 2.47. The summed E-state index contributed by atoms with van der Waals surface area (Å²) < 4.78 is 1.81. The highest BCUT2D eigenvalue weighted by atomic mass is 16.1. The lowest BCUT2D eigenvalue weighted by Gasteiger charge is -2.22. The van der Waals surface area contributed by atoms with E-state index < -0.39 is 0 Å². The molecule has 0 atom stereocenters. The monoisotopic (exact) mass is 219 g/mol. The molecular formula is C12H17N3O. The average Bonchev–Trinajstić information content (AvgIpc) is 2.74. The first-order chi connectivity index (χ1) is 7.86. The van der Waals surface area contributed by atoms with Gasteiger partial charge >= 0.3 is 0 Å². The molecule has 0 N–H and O–H groups in total. The Labute approximate surface area is 95.3 Å². The third-order valence-electron chi connectivity index (χ3n) is 3.21. The van der Waals surface area contributed by atoms with Crippen LogP contribution in [0.5, 0.6) is 0 Å². The van der Waals surface area contributed by atoms with Crippen molar-refractivity contribution in [1.82, 2.24) is 15.0 Å². The minimum atomic E-state index is 0.448. The van der Waals surface area contributed by atoms with Crippen LogP contribution in [0, 0.1) is 0 Å². The summed E-state index contributed by atoms with van der Waals surface area (Å²) in [5.74, 6) is 0.448. The van der Waals surface area contributed by atoms with Crippen LogP contribution in [-0.4, -0.2) is 21.3 Å². The molecule has 1 heterocycles. The van der Waals surface area contributed by atoms with Gasteiger partial charge in [0, 0.05) is 5.92 Å². The second-order valence-corrected chi connectivity index (χ2v) is 4.28. The van der Waals surface area contributed by atoms with E-state index in [0.29, 0.717) is 18.2 Å². The van der Waals surface area contributed by atoms with Crippen molar-refractivity contribution in [2.24, 2.45) is 0 Å². The first-order valence-electron chi connectivity index (χ1n) is 5.86. The van der Waals surface area contributed by atoms with E-state index in [4.69, 9.17) is 0 Å². The lowest BCUT2D eigenvalue weighted by Crippen LogP contribution is -2.13. The lowest BCUT2D eigenvalue weighted by atomic mass is 9.86. The van der Waals surface area contributed by atoms with E-state index in [-0.39, 0.29) is 0 Å². The van der Waals surface area contributed by atoms with E-state index in [1.54, 1.807) is 6.08 Å². The van der Waals surface area contributed by atoms with Gasteiger partial charge in [0.05, 0.1) is 12.2 Å². The van der Waals surface area contributed by atoms with Crippen molar-refractivity contribution in [3.05, 3.63) is 24.0 Å². The van der Waals surface area contributed by atoms with Gasteiger partial charge in [-0.25, -0.2) is 4.68 Å². The van der Waals surface area contributed by atoms with E-state index in [1.165, 1.54) is 19.3 Å². The normalized spacial score (nSPS) is 17.2. The van der Waals surface area contributed by atoms with Gasteiger partial charge in [-0.3, -0.25) is 4.79 Å². The van der Waals surface area contributed by atoms with Crippen LogP contribution in [0.1, 0.15) is 54.2 Å². The topological polar surface area (TPSA) is 47.8 Å². The molecule has 0 amide bonds. The first-order valence-corrected chi connectivity index (χ1v) is 5.86. The number of carbonyl (C=O) groups excluding carboxylic acids is 1. The molecule has 0 aromatic carbocycles. The quantitative estimate of drug-likeness (QED) is 0.576. The number of carbonyl (C=O) groups is 1. The predicted molar refractivity (Wildman–Crippen MR) is 61.4 cm³/mol. The minimum Gasteiger partial charge on any atom is -0.296 e. The minimum absolute atomic E-state index is 0.448. The molecule has 2 rings (SSSR count). The Kier molecular flexibility index (Phi) is 3.49. The zero-order valence-corrected chi connectivity index (χ0v) is 9.43. The highest BCUT2D eigenvalue weighted by Crippen LogP contribution is 2.33. The molecule has 1 aliphatic carbocycles. The molecular weight excluding hydrogens is 202 g/mol. The van der Waals surface area contributed by atoms with Crippen LogP contribution in [0.3, 0.4) is 0 Å². The lowest BCUT2D eigenvalue weighted by molar-refractivity contribution is 0.111. The van der Waals surface area contributed by atoms with Gasteiger partial charge < -0.3 is 0 Å². The SMILES string of the molecule is C=CCn1nnc(C=O)c1C1CCCCC1. The summed E-state index contributed by atoms with van der Waals surface area (Å²) >= 11 is 0. The van der Waals surface area contributed by atoms with Crippen molar-refractivity contribution in [2.45, 2.75) is 44.6 Å². The maximum Gasteiger partial charge on any atom is 0.172 e. The highest BCUT2D eigenvalue weighted by molar-refractivity contribution is 5.73. The smallest absolute Gasteiger partial charge is 0.172 e. The van der Waals surface area contributed by atoms with Crippen molar-refractivity contribution in [3.8, 4) is 0 Å². The zero-order valence-electron chi connectivity index (χ0n) is 9.43. The third-order valence-corrected chi connectivity index (χ3v) is 3.21. The van der Waals surface area contributed by atoms with Gasteiger partial charge in [-0.05, 0) is 12.8 Å². The molecule has 0 aliphatic heterocycles. The van der Waals surface area contributed by atoms with Crippen molar-refractivity contribution < 1.29 is 4.79 Å². The molecule has 0 radical (unpaired) electrons. The highest BCUT2D eigenvalue weighted by Gasteiger charge is 2.23. The Balaban J connectivity index is 2.30. The molecule has 4 heteroatoms. The molecule has 0 spiro atoms. The number of aromatic nitrogens is 3. The number of rotatable bonds is 4. The molecule has 1 saturated carbocycles. The summed E-state index contributed by atoms with van der Waals surface area (Å²) in [6.07, 6.45) is 8.67. The van der Waals surface area contributed by atoms with Crippen molar-refractivity contribution in [1.29, 1.82) is 0 Å². The molecule has 16 heavy (non-hydrogen) atoms. The van der Waals surface area contributed by atoms with Gasteiger partial charge in [-0.2, -0.15) is 0 Å². The molecule has 86 valence electrons. The number of hydrogen-bond donors (Lipinski definition) is 0. The van der Waals surface area contributed by atoms with Crippen molar-refractivity contribution >= 4 is 6.29 Å². The van der Waals surface area contributed by atoms with E-state index in [0.717, 1.165) is 24.8 Å². The van der Waals surface area contributed by atoms with E-state index in [9.17, 15) is 4.79 Å². The van der Waals surface area contributed by atoms with Crippen molar-refractivity contribution in [3.63, 3.8) is 0 Å². The van der Waals surface area contributed by atoms with Crippen LogP contribution in [0.25, 0.3) is 0 Å².